The van der Waals surface area contributed by atoms with Gasteiger partial charge in [0.2, 0.25) is 0 Å². The first-order valence-electron chi connectivity index (χ1n) is 6.42. The second-order valence-corrected chi connectivity index (χ2v) is 5.00. The molecule has 0 fully saturated rings. The van der Waals surface area contributed by atoms with Crippen molar-refractivity contribution >= 4 is 23.2 Å². The van der Waals surface area contributed by atoms with E-state index in [4.69, 9.17) is 11.6 Å². The predicted octanol–water partition coefficient (Wildman–Crippen LogP) is 3.62. The van der Waals surface area contributed by atoms with Crippen LogP contribution in [-0.2, 0) is 6.54 Å². The topological polar surface area (TPSA) is 41.1 Å². The summed E-state index contributed by atoms with van der Waals surface area (Å²) in [5, 5.41) is 6.45. The third kappa shape index (κ3) is 3.38. The summed E-state index contributed by atoms with van der Waals surface area (Å²) >= 11 is 6.16. The lowest BCUT2D eigenvalue weighted by Gasteiger charge is -2.09. The van der Waals surface area contributed by atoms with Crippen molar-refractivity contribution in [1.29, 1.82) is 0 Å². The fourth-order valence-electron chi connectivity index (χ4n) is 1.98. The molecule has 2 aromatic carbocycles. The van der Waals surface area contributed by atoms with E-state index in [-0.39, 0.29) is 5.91 Å². The number of aryl methyl sites for hydroxylation is 1. The Morgan fingerprint density at radius 3 is 2.70 bits per heavy atom. The Labute approximate surface area is 124 Å². The molecule has 0 unspecified atom stereocenters. The number of anilines is 1. The number of hydrogen-bond acceptors (Lipinski definition) is 2. The molecule has 20 heavy (non-hydrogen) atoms. The van der Waals surface area contributed by atoms with Crippen molar-refractivity contribution in [3.8, 4) is 0 Å². The predicted molar refractivity (Wildman–Crippen MR) is 83.3 cm³/mol. The Bertz CT molecular complexity index is 626. The summed E-state index contributed by atoms with van der Waals surface area (Å²) < 4.78 is 0. The normalized spacial score (nSPS) is 10.3. The zero-order valence-electron chi connectivity index (χ0n) is 11.5. The van der Waals surface area contributed by atoms with Crippen molar-refractivity contribution in [3.05, 3.63) is 64.2 Å². The van der Waals surface area contributed by atoms with Crippen molar-refractivity contribution in [3.63, 3.8) is 0 Å². The van der Waals surface area contributed by atoms with Gasteiger partial charge in [-0.25, -0.2) is 0 Å². The molecule has 0 aliphatic rings. The molecular weight excluding hydrogens is 272 g/mol. The summed E-state index contributed by atoms with van der Waals surface area (Å²) in [5.41, 5.74) is 3.26. The maximum atomic E-state index is 12.2. The number of nitrogens with one attached hydrogen (secondary N) is 2. The zero-order valence-corrected chi connectivity index (χ0v) is 12.3. The monoisotopic (exact) mass is 288 g/mol. The fraction of sp³-hybridized carbons (Fsp3) is 0.188. The minimum atomic E-state index is -0.194. The van der Waals surface area contributed by atoms with Gasteiger partial charge in [-0.05, 0) is 43.3 Å². The molecule has 0 saturated heterocycles. The molecule has 0 aliphatic carbocycles. The lowest BCUT2D eigenvalue weighted by Crippen LogP contribution is -2.13. The molecule has 1 amide bonds. The van der Waals surface area contributed by atoms with Gasteiger partial charge in [0, 0.05) is 12.2 Å². The minimum Gasteiger partial charge on any atom is -0.322 e. The van der Waals surface area contributed by atoms with Crippen LogP contribution in [0.15, 0.2) is 42.5 Å². The largest absolute Gasteiger partial charge is 0.322 e. The Morgan fingerprint density at radius 1 is 1.20 bits per heavy atom. The van der Waals surface area contributed by atoms with E-state index >= 15 is 0 Å². The number of rotatable bonds is 4. The summed E-state index contributed by atoms with van der Waals surface area (Å²) in [7, 11) is 1.89. The molecule has 0 bridgehead atoms. The maximum absolute atomic E-state index is 12.2. The van der Waals surface area contributed by atoms with Gasteiger partial charge < -0.3 is 10.6 Å². The average Bonchev–Trinajstić information content (AvgIpc) is 2.42. The van der Waals surface area contributed by atoms with Gasteiger partial charge in [0.05, 0.1) is 10.6 Å². The molecule has 0 aliphatic heterocycles. The molecule has 0 saturated carbocycles. The molecule has 2 rings (SSSR count). The highest BCUT2D eigenvalue weighted by Gasteiger charge is 2.11. The number of carbonyl (C=O) groups excluding carboxylic acids is 1. The quantitative estimate of drug-likeness (QED) is 0.902. The van der Waals surface area contributed by atoms with Crippen molar-refractivity contribution in [1.82, 2.24) is 5.32 Å². The Morgan fingerprint density at radius 2 is 1.95 bits per heavy atom. The number of amides is 1. The van der Waals surface area contributed by atoms with Gasteiger partial charge in [-0.2, -0.15) is 0 Å². The Hall–Kier alpha value is -1.84. The van der Waals surface area contributed by atoms with Crippen molar-refractivity contribution in [2.24, 2.45) is 0 Å². The van der Waals surface area contributed by atoms with E-state index in [0.29, 0.717) is 10.6 Å². The van der Waals surface area contributed by atoms with Crippen LogP contribution in [0.2, 0.25) is 5.02 Å². The van der Waals surface area contributed by atoms with Gasteiger partial charge in [0.15, 0.2) is 0 Å². The van der Waals surface area contributed by atoms with Crippen molar-refractivity contribution < 1.29 is 4.79 Å². The minimum absolute atomic E-state index is 0.194. The van der Waals surface area contributed by atoms with Crippen LogP contribution in [0.25, 0.3) is 0 Å². The first-order chi connectivity index (χ1) is 9.61. The molecular formula is C16H17ClN2O. The molecule has 0 aromatic heterocycles. The van der Waals surface area contributed by atoms with E-state index in [2.05, 4.69) is 10.6 Å². The van der Waals surface area contributed by atoms with Crippen molar-refractivity contribution in [2.75, 3.05) is 12.4 Å². The lowest BCUT2D eigenvalue weighted by atomic mass is 10.1. The summed E-state index contributed by atoms with van der Waals surface area (Å²) in [6.45, 7) is 2.64. The third-order valence-corrected chi connectivity index (χ3v) is 3.50. The van der Waals surface area contributed by atoms with Crippen LogP contribution in [-0.4, -0.2) is 13.0 Å². The smallest absolute Gasteiger partial charge is 0.257 e. The van der Waals surface area contributed by atoms with Crippen LogP contribution >= 0.6 is 11.6 Å². The molecule has 0 atom stereocenters. The van der Waals surface area contributed by atoms with Gasteiger partial charge in [0.1, 0.15) is 0 Å². The second kappa shape index (κ2) is 6.55. The Balaban J connectivity index is 2.19. The molecule has 2 aromatic rings. The fourth-order valence-corrected chi connectivity index (χ4v) is 2.20. The van der Waals surface area contributed by atoms with Gasteiger partial charge >= 0.3 is 0 Å². The number of halogens is 1. The second-order valence-electron chi connectivity index (χ2n) is 4.62. The van der Waals surface area contributed by atoms with Crippen LogP contribution in [0.3, 0.4) is 0 Å². The van der Waals surface area contributed by atoms with Crippen LogP contribution in [0, 0.1) is 6.92 Å². The lowest BCUT2D eigenvalue weighted by molar-refractivity contribution is 0.102. The van der Waals surface area contributed by atoms with Crippen LogP contribution in [0.4, 0.5) is 5.69 Å². The molecule has 104 valence electrons. The van der Waals surface area contributed by atoms with Gasteiger partial charge in [-0.15, -0.1) is 0 Å². The van der Waals surface area contributed by atoms with E-state index in [9.17, 15) is 4.79 Å². The van der Waals surface area contributed by atoms with E-state index in [1.165, 1.54) is 0 Å². The average molecular weight is 289 g/mol. The summed E-state index contributed by atoms with van der Waals surface area (Å²) in [6, 6.07) is 13.2. The van der Waals surface area contributed by atoms with Gasteiger partial charge in [-0.1, -0.05) is 35.9 Å². The van der Waals surface area contributed by atoms with Crippen LogP contribution in [0.5, 0.6) is 0 Å². The maximum Gasteiger partial charge on any atom is 0.257 e. The van der Waals surface area contributed by atoms with Gasteiger partial charge in [0.25, 0.3) is 5.91 Å². The van der Waals surface area contributed by atoms with Gasteiger partial charge in [-0.3, -0.25) is 4.79 Å². The molecule has 3 nitrogen and oxygen atoms in total. The number of carbonyl (C=O) groups is 1. The number of hydrogen-bond donors (Lipinski definition) is 2. The summed E-state index contributed by atoms with van der Waals surface area (Å²) in [4.78, 5) is 12.2. The van der Waals surface area contributed by atoms with E-state index in [0.717, 1.165) is 23.4 Å². The van der Waals surface area contributed by atoms with Crippen molar-refractivity contribution in [2.45, 2.75) is 13.5 Å². The molecule has 2 N–H and O–H groups in total. The van der Waals surface area contributed by atoms with E-state index < -0.39 is 0 Å². The summed E-state index contributed by atoms with van der Waals surface area (Å²) in [5.74, 6) is -0.194. The highest BCUT2D eigenvalue weighted by Crippen LogP contribution is 2.21. The third-order valence-electron chi connectivity index (χ3n) is 3.00. The van der Waals surface area contributed by atoms with E-state index in [1.54, 1.807) is 6.07 Å². The number of benzene rings is 2. The van der Waals surface area contributed by atoms with Crippen LogP contribution in [0.1, 0.15) is 21.5 Å². The zero-order chi connectivity index (χ0) is 14.5. The molecule has 0 radical (unpaired) electrons. The summed E-state index contributed by atoms with van der Waals surface area (Å²) in [6.07, 6.45) is 0. The first kappa shape index (κ1) is 14.6. The van der Waals surface area contributed by atoms with Crippen LogP contribution < -0.4 is 10.6 Å². The highest BCUT2D eigenvalue weighted by molar-refractivity contribution is 6.35. The molecule has 0 spiro atoms. The first-order valence-corrected chi connectivity index (χ1v) is 6.79. The molecule has 0 heterocycles. The Kier molecular flexibility index (Phi) is 4.77. The SMILES string of the molecule is CNCc1cccc(NC(=O)c2cccc(C)c2Cl)c1. The standard InChI is InChI=1S/C16H17ClN2O/c1-11-5-3-8-14(15(11)17)16(20)19-13-7-4-6-12(9-13)10-18-2/h3-9,18H,10H2,1-2H3,(H,19,20). The van der Waals surface area contributed by atoms with E-state index in [1.807, 2.05) is 50.4 Å². The molecule has 4 heteroatoms. The highest BCUT2D eigenvalue weighted by atomic mass is 35.5.